The zero-order valence-electron chi connectivity index (χ0n) is 14.9. The van der Waals surface area contributed by atoms with E-state index in [1.165, 1.54) is 5.56 Å². The molecule has 0 aliphatic rings. The van der Waals surface area contributed by atoms with Crippen molar-refractivity contribution < 1.29 is 14.3 Å². The zero-order chi connectivity index (χ0) is 18.8. The van der Waals surface area contributed by atoms with Gasteiger partial charge in [-0.2, -0.15) is 0 Å². The Morgan fingerprint density at radius 2 is 2.00 bits per heavy atom. The highest BCUT2D eigenvalue weighted by atomic mass is 32.2. The first-order valence-corrected chi connectivity index (χ1v) is 9.19. The summed E-state index contributed by atoms with van der Waals surface area (Å²) in [7, 11) is 0. The number of ether oxygens (including phenoxy) is 1. The average Bonchev–Trinajstić information content (AvgIpc) is 2.64. The lowest BCUT2D eigenvalue weighted by atomic mass is 10.2. The first-order valence-electron chi connectivity index (χ1n) is 8.37. The van der Waals surface area contributed by atoms with Crippen molar-refractivity contribution in [3.63, 3.8) is 0 Å². The van der Waals surface area contributed by atoms with Crippen LogP contribution in [0.3, 0.4) is 0 Å². The van der Waals surface area contributed by atoms with Gasteiger partial charge in [-0.05, 0) is 65.4 Å². The molecule has 26 heavy (non-hydrogen) atoms. The highest BCUT2D eigenvalue weighted by molar-refractivity contribution is 8.17. The third kappa shape index (κ3) is 6.72. The molecule has 136 valence electrons. The van der Waals surface area contributed by atoms with Crippen LogP contribution < -0.4 is 10.1 Å². The maximum atomic E-state index is 11.3. The molecule has 1 aromatic heterocycles. The molecular formula is C20H22N2O3S. The molecule has 0 radical (unpaired) electrons. The van der Waals surface area contributed by atoms with Crippen molar-refractivity contribution in [1.29, 1.82) is 0 Å². The smallest absolute Gasteiger partial charge is 0.289 e. The molecule has 0 atom stereocenters. The second-order valence-corrected chi connectivity index (χ2v) is 6.80. The Labute approximate surface area is 157 Å². The minimum atomic E-state index is -0.394. The molecule has 1 aromatic carbocycles. The van der Waals surface area contributed by atoms with Gasteiger partial charge in [0.05, 0.1) is 6.61 Å². The van der Waals surface area contributed by atoms with Gasteiger partial charge >= 0.3 is 0 Å². The van der Waals surface area contributed by atoms with Gasteiger partial charge < -0.3 is 4.74 Å². The molecular weight excluding hydrogens is 348 g/mol. The number of amides is 2. The fraction of sp³-hybridized carbons (Fsp3) is 0.250. The number of nitrogens with zero attached hydrogens (tertiary/aromatic N) is 1. The lowest BCUT2D eigenvalue weighted by Gasteiger charge is -2.07. The first-order chi connectivity index (χ1) is 12.6. The van der Waals surface area contributed by atoms with Crippen molar-refractivity contribution in [2.24, 2.45) is 0 Å². The standard InChI is InChI=1S/C20H22N2O3S/c1-3-16-4-7-18(21-13-16)10-11-25-19-8-5-17(6-9-19)12-15(2)26-20(24)22-14-23/h4-9,12-14H,3,10-11H2,1-2H3,(H,22,23,24)/b15-12-. The van der Waals surface area contributed by atoms with Crippen LogP contribution in [0.4, 0.5) is 4.79 Å². The molecule has 0 saturated heterocycles. The predicted octanol–water partition coefficient (Wildman–Crippen LogP) is 4.23. The molecule has 0 spiro atoms. The third-order valence-corrected chi connectivity index (χ3v) is 4.34. The maximum absolute atomic E-state index is 11.3. The van der Waals surface area contributed by atoms with Gasteiger partial charge in [-0.3, -0.25) is 19.9 Å². The van der Waals surface area contributed by atoms with Gasteiger partial charge in [0.15, 0.2) is 0 Å². The number of benzene rings is 1. The molecule has 0 aliphatic carbocycles. The molecule has 0 fully saturated rings. The second-order valence-electron chi connectivity index (χ2n) is 5.59. The molecule has 0 bridgehead atoms. The lowest BCUT2D eigenvalue weighted by Crippen LogP contribution is -2.15. The van der Waals surface area contributed by atoms with E-state index in [0.717, 1.165) is 46.5 Å². The van der Waals surface area contributed by atoms with Gasteiger partial charge in [-0.25, -0.2) is 0 Å². The van der Waals surface area contributed by atoms with Gasteiger partial charge in [0, 0.05) is 18.3 Å². The number of allylic oxidation sites excluding steroid dienone is 1. The van der Waals surface area contributed by atoms with E-state index in [9.17, 15) is 9.59 Å². The molecule has 0 unspecified atom stereocenters. The van der Waals surface area contributed by atoms with Crippen LogP contribution in [0.25, 0.3) is 6.08 Å². The van der Waals surface area contributed by atoms with E-state index in [4.69, 9.17) is 4.74 Å². The van der Waals surface area contributed by atoms with E-state index in [2.05, 4.69) is 23.3 Å². The molecule has 0 aliphatic heterocycles. The van der Waals surface area contributed by atoms with E-state index in [1.807, 2.05) is 49.5 Å². The third-order valence-electron chi connectivity index (χ3n) is 3.60. The van der Waals surface area contributed by atoms with Crippen molar-refractivity contribution >= 4 is 29.5 Å². The summed E-state index contributed by atoms with van der Waals surface area (Å²) in [6.07, 6.45) is 5.91. The monoisotopic (exact) mass is 370 g/mol. The number of rotatable bonds is 8. The largest absolute Gasteiger partial charge is 0.493 e. The number of carbonyl (C=O) groups is 2. The minimum Gasteiger partial charge on any atom is -0.493 e. The van der Waals surface area contributed by atoms with Crippen LogP contribution in [0.5, 0.6) is 5.75 Å². The number of aromatic nitrogens is 1. The second kappa shape index (κ2) is 10.4. The number of pyridine rings is 1. The summed E-state index contributed by atoms with van der Waals surface area (Å²) in [5.41, 5.74) is 3.21. The summed E-state index contributed by atoms with van der Waals surface area (Å²) in [6.45, 7) is 4.49. The van der Waals surface area contributed by atoms with Crippen LogP contribution in [0, 0.1) is 0 Å². The number of carbonyl (C=O) groups excluding carboxylic acids is 2. The van der Waals surface area contributed by atoms with Crippen molar-refractivity contribution in [3.8, 4) is 5.75 Å². The van der Waals surface area contributed by atoms with Crippen LogP contribution in [0.1, 0.15) is 30.7 Å². The maximum Gasteiger partial charge on any atom is 0.289 e. The summed E-state index contributed by atoms with van der Waals surface area (Å²) in [5.74, 6) is 0.788. The lowest BCUT2D eigenvalue weighted by molar-refractivity contribution is -0.108. The average molecular weight is 370 g/mol. The number of nitrogens with one attached hydrogen (secondary N) is 1. The number of thioether (sulfide) groups is 1. The Balaban J connectivity index is 1.82. The minimum absolute atomic E-state index is 0.377. The SMILES string of the molecule is CCc1ccc(CCOc2ccc(/C=C(/C)SC(=O)NC=O)cc2)nc1. The number of imide groups is 1. The Morgan fingerprint density at radius 3 is 2.62 bits per heavy atom. The number of aryl methyl sites for hydroxylation is 1. The summed E-state index contributed by atoms with van der Waals surface area (Å²) >= 11 is 0.979. The fourth-order valence-electron chi connectivity index (χ4n) is 2.23. The number of hydrogen-bond acceptors (Lipinski definition) is 5. The predicted molar refractivity (Wildman–Crippen MR) is 105 cm³/mol. The molecule has 2 amide bonds. The molecule has 0 saturated carbocycles. The van der Waals surface area contributed by atoms with Crippen LogP contribution in [0.2, 0.25) is 0 Å². The van der Waals surface area contributed by atoms with E-state index < -0.39 is 5.24 Å². The van der Waals surface area contributed by atoms with Gasteiger partial charge in [0.25, 0.3) is 5.24 Å². The zero-order valence-corrected chi connectivity index (χ0v) is 15.7. The molecule has 1 heterocycles. The fourth-order valence-corrected chi connectivity index (χ4v) is 2.83. The van der Waals surface area contributed by atoms with Crippen molar-refractivity contribution in [2.45, 2.75) is 26.7 Å². The van der Waals surface area contributed by atoms with Crippen molar-refractivity contribution in [2.75, 3.05) is 6.61 Å². The Hall–Kier alpha value is -2.60. The summed E-state index contributed by atoms with van der Waals surface area (Å²) in [6, 6.07) is 11.8. The highest BCUT2D eigenvalue weighted by Gasteiger charge is 2.02. The summed E-state index contributed by atoms with van der Waals surface area (Å²) in [5, 5.41) is 1.70. The topological polar surface area (TPSA) is 68.3 Å². The quantitative estimate of drug-likeness (QED) is 0.705. The molecule has 2 aromatic rings. The van der Waals surface area contributed by atoms with Crippen LogP contribution >= 0.6 is 11.8 Å². The summed E-state index contributed by atoms with van der Waals surface area (Å²) < 4.78 is 5.75. The Kier molecular flexibility index (Phi) is 7.89. The van der Waals surface area contributed by atoms with Gasteiger partial charge in [0.1, 0.15) is 5.75 Å². The van der Waals surface area contributed by atoms with Crippen molar-refractivity contribution in [3.05, 3.63) is 64.3 Å². The van der Waals surface area contributed by atoms with Gasteiger partial charge in [-0.15, -0.1) is 0 Å². The highest BCUT2D eigenvalue weighted by Crippen LogP contribution is 2.20. The van der Waals surface area contributed by atoms with E-state index in [-0.39, 0.29) is 0 Å². The van der Waals surface area contributed by atoms with Crippen LogP contribution in [-0.2, 0) is 17.6 Å². The molecule has 6 heteroatoms. The number of hydrogen-bond donors (Lipinski definition) is 1. The van der Waals surface area contributed by atoms with Crippen LogP contribution in [-0.4, -0.2) is 23.2 Å². The normalized spacial score (nSPS) is 11.1. The van der Waals surface area contributed by atoms with Crippen molar-refractivity contribution in [1.82, 2.24) is 10.3 Å². The first kappa shape index (κ1) is 19.7. The van der Waals surface area contributed by atoms with Crippen LogP contribution in [0.15, 0.2) is 47.5 Å². The van der Waals surface area contributed by atoms with E-state index in [0.29, 0.717) is 13.0 Å². The molecule has 2 rings (SSSR count). The summed E-state index contributed by atoms with van der Waals surface area (Å²) in [4.78, 5) is 26.8. The molecule has 1 N–H and O–H groups in total. The molecule has 5 nitrogen and oxygen atoms in total. The van der Waals surface area contributed by atoms with Gasteiger partial charge in [0.2, 0.25) is 6.41 Å². The van der Waals surface area contributed by atoms with E-state index in [1.54, 1.807) is 0 Å². The van der Waals surface area contributed by atoms with Gasteiger partial charge in [-0.1, -0.05) is 25.1 Å². The Bertz CT molecular complexity index is 756. The Morgan fingerprint density at radius 1 is 1.23 bits per heavy atom. The van der Waals surface area contributed by atoms with E-state index >= 15 is 0 Å².